The molecule has 1 amide bonds. The van der Waals surface area contributed by atoms with Crippen LogP contribution in [0, 0.1) is 29.6 Å². The minimum atomic E-state index is -0.352. The summed E-state index contributed by atoms with van der Waals surface area (Å²) in [4.78, 5) is 18.9. The van der Waals surface area contributed by atoms with Gasteiger partial charge in [-0.15, -0.1) is 0 Å². The van der Waals surface area contributed by atoms with Gasteiger partial charge in [0.15, 0.2) is 0 Å². The number of carbonyl (C=O) groups excluding carboxylic acids is 1. The Bertz CT molecular complexity index is 981. The monoisotopic (exact) mass is 394 g/mol. The van der Waals surface area contributed by atoms with Crippen molar-refractivity contribution in [3.05, 3.63) is 29.6 Å². The van der Waals surface area contributed by atoms with Crippen molar-refractivity contribution in [2.45, 2.75) is 65.5 Å². The first-order valence-electron chi connectivity index (χ1n) is 10.5. The summed E-state index contributed by atoms with van der Waals surface area (Å²) < 4.78 is 8.12. The number of hydrogen-bond donors (Lipinski definition) is 0. The average molecular weight is 395 g/mol. The van der Waals surface area contributed by atoms with Crippen molar-refractivity contribution in [1.29, 1.82) is 5.26 Å². The second-order valence-corrected chi connectivity index (χ2v) is 10.1. The maximum absolute atomic E-state index is 12.5. The standard InChI is InChI=1S/C23H30N4O2/c1-16-8-18(11-24)9-19-20(16)25-15-26(19)12-17-6-5-7-23(10-17)14-27(21(28)29-23)13-22(2,3)4/h8-9,15,17H,5-7,10,12-14H2,1-4H3/t17-,23-/m0/s1. The minimum absolute atomic E-state index is 0.0602. The first-order chi connectivity index (χ1) is 13.7. The molecule has 2 aliphatic rings. The predicted molar refractivity (Wildman–Crippen MR) is 111 cm³/mol. The highest BCUT2D eigenvalue weighted by Gasteiger charge is 2.48. The molecule has 0 N–H and O–H groups in total. The molecular weight excluding hydrogens is 364 g/mol. The zero-order valence-corrected chi connectivity index (χ0v) is 17.9. The summed E-state index contributed by atoms with van der Waals surface area (Å²) >= 11 is 0. The molecule has 1 saturated heterocycles. The number of rotatable bonds is 3. The fourth-order valence-corrected chi connectivity index (χ4v) is 5.05. The van der Waals surface area contributed by atoms with E-state index in [0.29, 0.717) is 18.0 Å². The Morgan fingerprint density at radius 2 is 2.17 bits per heavy atom. The van der Waals surface area contributed by atoms with Gasteiger partial charge in [0.25, 0.3) is 0 Å². The molecule has 0 radical (unpaired) electrons. The third-order valence-corrected chi connectivity index (χ3v) is 6.11. The Hall–Kier alpha value is -2.55. The van der Waals surface area contributed by atoms with Crippen LogP contribution in [0.1, 0.15) is 57.6 Å². The highest BCUT2D eigenvalue weighted by molar-refractivity contribution is 5.80. The summed E-state index contributed by atoms with van der Waals surface area (Å²) in [5, 5.41) is 9.31. The summed E-state index contributed by atoms with van der Waals surface area (Å²) in [7, 11) is 0. The number of nitriles is 1. The molecule has 0 unspecified atom stereocenters. The fraction of sp³-hybridized carbons (Fsp3) is 0.609. The van der Waals surface area contributed by atoms with Crippen molar-refractivity contribution >= 4 is 17.1 Å². The number of aryl methyl sites for hydroxylation is 1. The molecule has 4 rings (SSSR count). The van der Waals surface area contributed by atoms with Crippen molar-refractivity contribution in [3.63, 3.8) is 0 Å². The lowest BCUT2D eigenvalue weighted by Crippen LogP contribution is -2.41. The summed E-state index contributed by atoms with van der Waals surface area (Å²) in [6.07, 6.45) is 5.73. The highest BCUT2D eigenvalue weighted by Crippen LogP contribution is 2.41. The fourth-order valence-electron chi connectivity index (χ4n) is 5.05. The van der Waals surface area contributed by atoms with Crippen molar-refractivity contribution in [1.82, 2.24) is 14.5 Å². The van der Waals surface area contributed by atoms with Gasteiger partial charge in [-0.2, -0.15) is 5.26 Å². The van der Waals surface area contributed by atoms with Gasteiger partial charge in [0, 0.05) is 13.1 Å². The lowest BCUT2D eigenvalue weighted by atomic mass is 9.77. The molecule has 2 atom stereocenters. The van der Waals surface area contributed by atoms with Crippen molar-refractivity contribution in [2.75, 3.05) is 13.1 Å². The van der Waals surface area contributed by atoms with Crippen molar-refractivity contribution in [3.8, 4) is 6.07 Å². The quantitative estimate of drug-likeness (QED) is 0.760. The number of hydrogen-bond acceptors (Lipinski definition) is 4. The number of ether oxygens (including phenoxy) is 1. The zero-order valence-electron chi connectivity index (χ0n) is 17.9. The number of aromatic nitrogens is 2. The highest BCUT2D eigenvalue weighted by atomic mass is 16.6. The molecule has 1 spiro atoms. The second-order valence-electron chi connectivity index (χ2n) is 10.1. The van der Waals surface area contributed by atoms with E-state index in [-0.39, 0.29) is 17.1 Å². The van der Waals surface area contributed by atoms with Gasteiger partial charge in [-0.05, 0) is 61.6 Å². The van der Waals surface area contributed by atoms with Crippen LogP contribution in [0.3, 0.4) is 0 Å². The number of carbonyl (C=O) groups is 1. The summed E-state index contributed by atoms with van der Waals surface area (Å²) in [5.41, 5.74) is 3.37. The Morgan fingerprint density at radius 3 is 2.90 bits per heavy atom. The third-order valence-electron chi connectivity index (χ3n) is 6.11. The van der Waals surface area contributed by atoms with Crippen LogP contribution in [-0.4, -0.2) is 39.2 Å². The Kier molecular flexibility index (Phi) is 4.80. The molecule has 0 bridgehead atoms. The smallest absolute Gasteiger partial charge is 0.410 e. The molecule has 2 heterocycles. The lowest BCUT2D eigenvalue weighted by Gasteiger charge is -2.36. The zero-order chi connectivity index (χ0) is 20.8. The van der Waals surface area contributed by atoms with E-state index < -0.39 is 0 Å². The Labute approximate surface area is 172 Å². The number of nitrogens with zero attached hydrogens (tertiary/aromatic N) is 4. The topological polar surface area (TPSA) is 71.2 Å². The van der Waals surface area contributed by atoms with E-state index in [1.54, 1.807) is 0 Å². The Morgan fingerprint density at radius 1 is 1.38 bits per heavy atom. The number of amides is 1. The van der Waals surface area contributed by atoms with Crippen molar-refractivity contribution in [2.24, 2.45) is 11.3 Å². The lowest BCUT2D eigenvalue weighted by molar-refractivity contribution is 0.00413. The number of benzene rings is 1. The van der Waals surface area contributed by atoms with E-state index >= 15 is 0 Å². The van der Waals surface area contributed by atoms with E-state index in [4.69, 9.17) is 4.74 Å². The normalized spacial score (nSPS) is 24.9. The maximum atomic E-state index is 12.5. The van der Waals surface area contributed by atoms with E-state index in [1.807, 2.05) is 30.3 Å². The molecule has 6 nitrogen and oxygen atoms in total. The molecule has 154 valence electrons. The maximum Gasteiger partial charge on any atom is 0.410 e. The summed E-state index contributed by atoms with van der Waals surface area (Å²) in [6, 6.07) is 6.06. The van der Waals surface area contributed by atoms with Gasteiger partial charge in [0.2, 0.25) is 0 Å². The number of fused-ring (bicyclic) bond motifs is 1. The van der Waals surface area contributed by atoms with Crippen LogP contribution < -0.4 is 0 Å². The Balaban J connectivity index is 1.52. The van der Waals surface area contributed by atoms with Crippen LogP contribution in [0.2, 0.25) is 0 Å². The van der Waals surface area contributed by atoms with Crippen LogP contribution in [0.4, 0.5) is 4.79 Å². The molecule has 2 aromatic rings. The summed E-state index contributed by atoms with van der Waals surface area (Å²) in [6.45, 7) is 10.7. The average Bonchev–Trinajstić information content (AvgIpc) is 3.15. The van der Waals surface area contributed by atoms with Crippen LogP contribution >= 0.6 is 0 Å². The van der Waals surface area contributed by atoms with Gasteiger partial charge < -0.3 is 14.2 Å². The molecule has 1 saturated carbocycles. The predicted octanol–water partition coefficient (Wildman–Crippen LogP) is 4.64. The summed E-state index contributed by atoms with van der Waals surface area (Å²) in [5.74, 6) is 0.426. The molecule has 1 aliphatic heterocycles. The van der Waals surface area contributed by atoms with Crippen LogP contribution in [0.5, 0.6) is 0 Å². The van der Waals surface area contributed by atoms with E-state index in [9.17, 15) is 10.1 Å². The second kappa shape index (κ2) is 7.05. The van der Waals surface area contributed by atoms with Crippen LogP contribution in [-0.2, 0) is 11.3 Å². The molecule has 2 fully saturated rings. The van der Waals surface area contributed by atoms with E-state index in [1.165, 1.54) is 0 Å². The van der Waals surface area contributed by atoms with Crippen molar-refractivity contribution < 1.29 is 9.53 Å². The first kappa shape index (κ1) is 19.8. The van der Waals surface area contributed by atoms with Crippen LogP contribution in [0.15, 0.2) is 18.5 Å². The van der Waals surface area contributed by atoms with Gasteiger partial charge in [-0.25, -0.2) is 9.78 Å². The van der Waals surface area contributed by atoms with Crippen LogP contribution in [0.25, 0.3) is 11.0 Å². The van der Waals surface area contributed by atoms with Gasteiger partial charge in [-0.1, -0.05) is 20.8 Å². The third kappa shape index (κ3) is 3.96. The molecule has 1 aromatic carbocycles. The van der Waals surface area contributed by atoms with Gasteiger partial charge >= 0.3 is 6.09 Å². The SMILES string of the molecule is Cc1cc(C#N)cc2c1ncn2C[C@H]1CCC[C@]2(C1)CN(CC(C)(C)C)C(=O)O2. The largest absolute Gasteiger partial charge is 0.441 e. The molecule has 6 heteroatoms. The van der Waals surface area contributed by atoms with E-state index in [0.717, 1.165) is 55.4 Å². The van der Waals surface area contributed by atoms with Gasteiger partial charge in [-0.3, -0.25) is 0 Å². The molecule has 1 aliphatic carbocycles. The van der Waals surface area contributed by atoms with Gasteiger partial charge in [0.05, 0.1) is 35.5 Å². The molecule has 1 aromatic heterocycles. The molecule has 29 heavy (non-hydrogen) atoms. The number of imidazole rings is 1. The minimum Gasteiger partial charge on any atom is -0.441 e. The first-order valence-corrected chi connectivity index (χ1v) is 10.5. The molecular formula is C23H30N4O2. The van der Waals surface area contributed by atoms with E-state index in [2.05, 4.69) is 36.4 Å². The van der Waals surface area contributed by atoms with Gasteiger partial charge in [0.1, 0.15) is 5.60 Å².